The number of oxazole rings is 2. The van der Waals surface area contributed by atoms with Gasteiger partial charge in [-0.1, -0.05) is 124 Å². The fourth-order valence-electron chi connectivity index (χ4n) is 13.5. The third-order valence-electron chi connectivity index (χ3n) is 19.7. The molecule has 4 N–H and O–H groups in total. The van der Waals surface area contributed by atoms with Crippen LogP contribution in [0.15, 0.2) is 129 Å². The Kier molecular flexibility index (Phi) is 27.4. The van der Waals surface area contributed by atoms with Gasteiger partial charge in [-0.25, -0.2) is 85.7 Å². The maximum atomic E-state index is 15.4. The monoisotopic (exact) mass is 1790 g/mol. The van der Waals surface area contributed by atoms with Crippen LogP contribution < -0.4 is 11.5 Å². The van der Waals surface area contributed by atoms with Gasteiger partial charge >= 0.3 is 17.6 Å². The van der Waals surface area contributed by atoms with Crippen LogP contribution >= 0.6 is 67.1 Å². The van der Waals surface area contributed by atoms with E-state index in [1.54, 1.807) is 65.8 Å². The Morgan fingerprint density at radius 3 is 1.46 bits per heavy atom. The number of fused-ring (bicyclic) bond motifs is 3. The summed E-state index contributed by atoms with van der Waals surface area (Å²) in [5.41, 5.74) is 8.60. The standard InChI is InChI=1S/C27H36BrF2N3O4SSi.C24H33BrF2N2O4SSi.C16H16F2N4OS.C10H11NO2S/c1-17-22(36-15-31-17)27-13-21(27)26(14-29,19-12-18(28)8-9-20(19)30)32-23(38-27)33(24(34)37-25(2,3)4)16-35-10-11-39(5,6)7;1-22(2,3)33-21(31)29(15-32-9-10-35(4,5)6)20-28-24(13-26,19-12-23(19,14-30)34-20)17-11-16(25)7-8-18(17)27;1-8-13(23-7-21-8)16-5-12(16)15(6-17,22-14(20)24-16)10-4-9(19)2-3-11(10)18;1-8-4-6-10(7-5-8)14(12,13)9(2)11-3/h8-9,12,15,21H,10-11,13-14,16H2,1-7H3;7-8,11,14,19H,9-10,12-13,15H2,1-6H3;2-4,7,12H,5-6,19H2,1H3,(H2,20,22);4-7,9H,1-2H3/t21-,26+,27-;19-,23-,24-;12-,15+,16-;/m010./s1. The number of aliphatic imine (C=N–C) groups is 3. The lowest BCUT2D eigenvalue weighted by atomic mass is 9.84. The number of amides is 2. The number of nitrogen functional groups attached to an aromatic ring is 1. The van der Waals surface area contributed by atoms with Crippen molar-refractivity contribution in [2.24, 2.45) is 38.5 Å². The van der Waals surface area contributed by atoms with Gasteiger partial charge in [0.25, 0.3) is 9.84 Å². The van der Waals surface area contributed by atoms with Crippen molar-refractivity contribution >= 4 is 133 Å². The minimum atomic E-state index is -3.46. The number of halogens is 8. The predicted molar refractivity (Wildman–Crippen MR) is 439 cm³/mol. The van der Waals surface area contributed by atoms with E-state index >= 15 is 8.78 Å². The lowest BCUT2D eigenvalue weighted by Crippen LogP contribution is -2.47. The van der Waals surface area contributed by atoms with Crippen LogP contribution in [-0.4, -0.2) is 146 Å². The molecule has 3 aliphatic carbocycles. The number of alkyl halides is 3. The number of thioether (sulfide) groups is 3. The smallest absolute Gasteiger partial charge is 0.418 e. The maximum absolute atomic E-state index is 15.4. The first-order valence-electron chi connectivity index (χ1n) is 36.1. The van der Waals surface area contributed by atoms with Gasteiger partial charge in [0.05, 0.1) is 30.5 Å². The first-order chi connectivity index (χ1) is 52.2. The summed E-state index contributed by atoms with van der Waals surface area (Å²) in [5.74, 6) is -1.76. The molecule has 0 bridgehead atoms. The molecule has 112 heavy (non-hydrogen) atoms. The molecule has 0 spiro atoms. The molecule has 3 saturated carbocycles. The van der Waals surface area contributed by atoms with Gasteiger partial charge in [-0.3, -0.25) is 4.85 Å². The Morgan fingerprint density at radius 1 is 0.643 bits per heavy atom. The number of hydrogen-bond acceptors (Lipinski definition) is 21. The van der Waals surface area contributed by atoms with Crippen LogP contribution in [-0.2, 0) is 59.7 Å². The summed E-state index contributed by atoms with van der Waals surface area (Å²) in [4.78, 5) is 66.8. The molecule has 2 amide bonds. The normalized spacial score (nSPS) is 25.1. The van der Waals surface area contributed by atoms with E-state index in [1.165, 1.54) is 108 Å². The molecule has 6 aliphatic rings. The van der Waals surface area contributed by atoms with Crippen molar-refractivity contribution in [3.8, 4) is 0 Å². The van der Waals surface area contributed by atoms with Crippen molar-refractivity contribution in [1.29, 1.82) is 0 Å². The van der Waals surface area contributed by atoms with E-state index in [-0.39, 0.29) is 56.5 Å². The van der Waals surface area contributed by atoms with Crippen molar-refractivity contribution in [3.63, 3.8) is 0 Å². The highest BCUT2D eigenvalue weighted by atomic mass is 79.9. The van der Waals surface area contributed by atoms with Gasteiger partial charge in [0.1, 0.15) is 96.6 Å². The number of aromatic nitrogens is 2. The first kappa shape index (κ1) is 89.4. The van der Waals surface area contributed by atoms with E-state index in [0.29, 0.717) is 64.3 Å². The highest BCUT2D eigenvalue weighted by Gasteiger charge is 2.74. The van der Waals surface area contributed by atoms with Gasteiger partial charge in [0, 0.05) is 85.4 Å². The van der Waals surface area contributed by atoms with E-state index in [1.807, 2.05) is 20.8 Å². The molecule has 4 aromatic carbocycles. The second-order valence-electron chi connectivity index (χ2n) is 33.0. The molecule has 5 heterocycles. The fourth-order valence-corrected chi connectivity index (χ4v) is 21.3. The fraction of sp³-hybridized carbons (Fsp3) is 0.519. The summed E-state index contributed by atoms with van der Waals surface area (Å²) >= 11 is 10.4. The minimum absolute atomic E-state index is 0.0460. The third-order valence-corrected chi connectivity index (χ3v) is 30.2. The number of nitrogens with zero attached hydrogens (tertiary/aromatic N) is 8. The molecule has 1 unspecified atom stereocenters. The molecule has 35 heteroatoms. The van der Waals surface area contributed by atoms with Crippen LogP contribution in [0, 0.1) is 62.5 Å². The van der Waals surface area contributed by atoms with Crippen molar-refractivity contribution in [1.82, 2.24) is 19.8 Å². The number of carbonyl (C=O) groups is 3. The Bertz CT molecular complexity index is 4730. The second-order valence-corrected chi connectivity index (χ2v) is 52.3. The summed E-state index contributed by atoms with van der Waals surface area (Å²) in [6.45, 7) is 35.2. The summed E-state index contributed by atoms with van der Waals surface area (Å²) < 4.78 is 146. The van der Waals surface area contributed by atoms with E-state index in [9.17, 15) is 40.4 Å². The van der Waals surface area contributed by atoms with Crippen LogP contribution in [0.5, 0.6) is 0 Å². The number of anilines is 1. The van der Waals surface area contributed by atoms with Gasteiger partial charge in [0.15, 0.2) is 28.3 Å². The Balaban J connectivity index is 0.000000181. The summed E-state index contributed by atoms with van der Waals surface area (Å²) in [6, 6.07) is 21.1. The highest BCUT2D eigenvalue weighted by Crippen LogP contribution is 2.74. The number of aldehydes is 1. The highest BCUT2D eigenvalue weighted by molar-refractivity contribution is 9.10. The molecular formula is C77H96Br2F6N10O11S4Si2. The van der Waals surface area contributed by atoms with E-state index in [2.05, 4.69) is 95.9 Å². The number of sulfone groups is 1. The van der Waals surface area contributed by atoms with Gasteiger partial charge in [0.2, 0.25) is 0 Å². The molecule has 6 aromatic rings. The van der Waals surface area contributed by atoms with Crippen molar-refractivity contribution < 1.29 is 76.9 Å². The number of aryl methyl sites for hydroxylation is 3. The van der Waals surface area contributed by atoms with E-state index < -0.39 is 135 Å². The van der Waals surface area contributed by atoms with E-state index in [4.69, 9.17) is 50.8 Å². The lowest BCUT2D eigenvalue weighted by molar-refractivity contribution is -0.108. The molecule has 2 aromatic heterocycles. The number of benzene rings is 4. The summed E-state index contributed by atoms with van der Waals surface area (Å²) in [7, 11) is -6.23. The molecule has 608 valence electrons. The largest absolute Gasteiger partial charge is 0.447 e. The number of nitrogens with two attached hydrogens (primary N) is 2. The van der Waals surface area contributed by atoms with Crippen LogP contribution in [0.2, 0.25) is 51.4 Å². The quantitative estimate of drug-likeness (QED) is 0.0129. The SMILES string of the molecule is CC(C)(C)OC(=O)N(COCC[Si](C)(C)C)C1=N[C@](CF)(c2cc(Br)ccc2F)[C@@H]2C[C@]2(C=O)S1.Cc1ncoc1[C@]12C[C@H]1[C@@](CF)(c1cc(Br)ccc1F)N=C(N(COCC[Si](C)(C)C)C(=O)OC(C)(C)C)S2.Cc1ncoc1[C@]12C[C@H]1[C@@](CF)(c1cc(N)ccc1F)N=C(N)S2.[C-]#[N+]C(C)S(=O)(=O)c1ccc(C)cc1. The van der Waals surface area contributed by atoms with Crippen LogP contribution in [0.25, 0.3) is 4.85 Å². The van der Waals surface area contributed by atoms with E-state index in [0.717, 1.165) is 41.4 Å². The zero-order valence-electron chi connectivity index (χ0n) is 65.4. The first-order valence-corrected chi connectivity index (χ1v) is 49.1. The number of hydrogen-bond donors (Lipinski definition) is 2. The maximum Gasteiger partial charge on any atom is 0.418 e. The molecule has 12 rings (SSSR count). The Labute approximate surface area is 682 Å². The molecule has 3 aliphatic heterocycles. The zero-order chi connectivity index (χ0) is 82.9. The second kappa shape index (κ2) is 34.4. The Morgan fingerprint density at radius 2 is 1.05 bits per heavy atom. The molecular weight excluding hydrogens is 1700 g/mol. The number of ether oxygens (including phenoxy) is 4. The number of carbonyl (C=O) groups excluding carboxylic acids is 3. The average Bonchev–Trinajstić information content (AvgIpc) is 1.52. The number of amidine groups is 3. The van der Waals surface area contributed by atoms with Crippen LogP contribution in [0.4, 0.5) is 41.6 Å². The summed E-state index contributed by atoms with van der Waals surface area (Å²) in [5, 5.41) is -0.520. The van der Waals surface area contributed by atoms with Gasteiger partial charge in [-0.05, 0) is 160 Å². The minimum Gasteiger partial charge on any atom is -0.447 e. The zero-order valence-corrected chi connectivity index (χ0v) is 73.9. The van der Waals surface area contributed by atoms with Gasteiger partial charge < -0.3 is 44.0 Å². The van der Waals surface area contributed by atoms with Crippen LogP contribution in [0.1, 0.15) is 113 Å². The van der Waals surface area contributed by atoms with Crippen molar-refractivity contribution in [2.45, 2.75) is 192 Å². The predicted octanol–water partition coefficient (Wildman–Crippen LogP) is 18.9. The molecule has 0 saturated heterocycles. The number of rotatable bonds is 21. The molecule has 3 fully saturated rings. The van der Waals surface area contributed by atoms with Crippen molar-refractivity contribution in [3.05, 3.63) is 175 Å². The van der Waals surface area contributed by atoms with Crippen LogP contribution in [0.3, 0.4) is 0 Å². The molecule has 10 atom stereocenters. The molecule has 21 nitrogen and oxygen atoms in total. The third kappa shape index (κ3) is 19.6. The van der Waals surface area contributed by atoms with Gasteiger partial charge in [-0.2, -0.15) is 0 Å². The summed E-state index contributed by atoms with van der Waals surface area (Å²) in [6.07, 6.45) is 3.44. The van der Waals surface area contributed by atoms with Crippen molar-refractivity contribution in [2.75, 3.05) is 52.4 Å². The molecule has 0 radical (unpaired) electrons. The lowest BCUT2D eigenvalue weighted by Gasteiger charge is -2.38. The van der Waals surface area contributed by atoms with Gasteiger partial charge in [-0.15, -0.1) is 0 Å². The Hall–Kier alpha value is -6.50. The average molecular weight is 1800 g/mol. The topological polar surface area (TPSA) is 274 Å².